The number of carbonyl (C=O) groups excluding carboxylic acids is 1. The molecule has 0 fully saturated rings. The molecule has 96 valence electrons. The van der Waals surface area contributed by atoms with E-state index in [2.05, 4.69) is 24.1 Å². The molecule has 0 unspecified atom stereocenters. The Kier molecular flexibility index (Phi) is 5.08. The maximum absolute atomic E-state index is 12.0. The van der Waals surface area contributed by atoms with Crippen molar-refractivity contribution >= 4 is 17.2 Å². The smallest absolute Gasteiger partial charge is 0.263 e. The zero-order valence-electron chi connectivity index (χ0n) is 10.9. The first kappa shape index (κ1) is 14.1. The lowest BCUT2D eigenvalue weighted by molar-refractivity contribution is 0.0944. The molecule has 0 aliphatic heterocycles. The molecule has 0 radical (unpaired) electrons. The molecule has 0 aromatic carbocycles. The Morgan fingerprint density at radius 3 is 2.65 bits per heavy atom. The summed E-state index contributed by atoms with van der Waals surface area (Å²) in [6, 6.07) is -0.00296. The van der Waals surface area contributed by atoms with E-state index >= 15 is 0 Å². The van der Waals surface area contributed by atoms with Crippen LogP contribution in [-0.4, -0.2) is 23.5 Å². The molecule has 0 saturated heterocycles. The van der Waals surface area contributed by atoms with E-state index < -0.39 is 0 Å². The highest BCUT2D eigenvalue weighted by molar-refractivity contribution is 7.13. The SMILES string of the molecule is Cc1nc(CC(C)C)c(C(=O)N[C@@H](C)CN)s1. The normalized spacial score (nSPS) is 12.8. The summed E-state index contributed by atoms with van der Waals surface area (Å²) in [6.07, 6.45) is 0.837. The highest BCUT2D eigenvalue weighted by atomic mass is 32.1. The van der Waals surface area contributed by atoms with Crippen LogP contribution in [0.3, 0.4) is 0 Å². The van der Waals surface area contributed by atoms with Crippen molar-refractivity contribution in [3.8, 4) is 0 Å². The lowest BCUT2D eigenvalue weighted by atomic mass is 10.1. The molecular formula is C12H21N3OS. The zero-order chi connectivity index (χ0) is 13.0. The minimum absolute atomic E-state index is 0.00296. The molecule has 4 nitrogen and oxygen atoms in total. The van der Waals surface area contributed by atoms with Crippen LogP contribution in [0.5, 0.6) is 0 Å². The van der Waals surface area contributed by atoms with Crippen LogP contribution in [0.15, 0.2) is 0 Å². The van der Waals surface area contributed by atoms with Gasteiger partial charge in [0.2, 0.25) is 0 Å². The molecule has 0 spiro atoms. The van der Waals surface area contributed by atoms with Gasteiger partial charge in [-0.1, -0.05) is 13.8 Å². The van der Waals surface area contributed by atoms with Gasteiger partial charge in [-0.05, 0) is 26.2 Å². The van der Waals surface area contributed by atoms with Crippen molar-refractivity contribution in [2.45, 2.75) is 40.2 Å². The predicted molar refractivity (Wildman–Crippen MR) is 71.4 cm³/mol. The number of carbonyl (C=O) groups is 1. The fourth-order valence-electron chi connectivity index (χ4n) is 1.52. The fraction of sp³-hybridized carbons (Fsp3) is 0.667. The van der Waals surface area contributed by atoms with Crippen molar-refractivity contribution in [2.24, 2.45) is 11.7 Å². The second-order valence-corrected chi connectivity index (χ2v) is 5.92. The van der Waals surface area contributed by atoms with E-state index in [1.165, 1.54) is 11.3 Å². The van der Waals surface area contributed by atoms with Gasteiger partial charge in [0.25, 0.3) is 5.91 Å². The van der Waals surface area contributed by atoms with E-state index in [-0.39, 0.29) is 11.9 Å². The summed E-state index contributed by atoms with van der Waals surface area (Å²) in [7, 11) is 0. The van der Waals surface area contributed by atoms with Gasteiger partial charge in [0, 0.05) is 12.6 Å². The molecule has 1 aromatic heterocycles. The second kappa shape index (κ2) is 6.12. The van der Waals surface area contributed by atoms with Gasteiger partial charge >= 0.3 is 0 Å². The summed E-state index contributed by atoms with van der Waals surface area (Å²) in [4.78, 5) is 17.2. The third-order valence-electron chi connectivity index (χ3n) is 2.34. The highest BCUT2D eigenvalue weighted by Crippen LogP contribution is 2.20. The summed E-state index contributed by atoms with van der Waals surface area (Å²) in [5, 5.41) is 3.82. The third kappa shape index (κ3) is 4.09. The summed E-state index contributed by atoms with van der Waals surface area (Å²) in [6.45, 7) is 8.52. The summed E-state index contributed by atoms with van der Waals surface area (Å²) < 4.78 is 0. The van der Waals surface area contributed by atoms with Crippen molar-refractivity contribution < 1.29 is 4.79 Å². The van der Waals surface area contributed by atoms with Crippen LogP contribution in [0.2, 0.25) is 0 Å². The molecule has 1 aromatic rings. The standard InChI is InChI=1S/C12H21N3OS/c1-7(2)5-10-11(17-9(4)15-10)12(16)14-8(3)6-13/h7-8H,5-6,13H2,1-4H3,(H,14,16)/t8-/m0/s1. The second-order valence-electron chi connectivity index (χ2n) is 4.72. The van der Waals surface area contributed by atoms with Crippen LogP contribution in [0.1, 0.15) is 41.1 Å². The molecular weight excluding hydrogens is 234 g/mol. The van der Waals surface area contributed by atoms with Gasteiger partial charge in [0.05, 0.1) is 10.7 Å². The quantitative estimate of drug-likeness (QED) is 0.842. The van der Waals surface area contributed by atoms with Gasteiger partial charge < -0.3 is 11.1 Å². The Labute approximate surface area is 107 Å². The average Bonchev–Trinajstić information content (AvgIpc) is 2.58. The van der Waals surface area contributed by atoms with Crippen molar-refractivity contribution in [2.75, 3.05) is 6.54 Å². The van der Waals surface area contributed by atoms with E-state index in [4.69, 9.17) is 5.73 Å². The molecule has 17 heavy (non-hydrogen) atoms. The number of amides is 1. The van der Waals surface area contributed by atoms with Crippen molar-refractivity contribution in [3.05, 3.63) is 15.6 Å². The van der Waals surface area contributed by atoms with Gasteiger partial charge in [-0.25, -0.2) is 4.98 Å². The molecule has 1 rings (SSSR count). The monoisotopic (exact) mass is 255 g/mol. The molecule has 1 atom stereocenters. The van der Waals surface area contributed by atoms with Crippen LogP contribution < -0.4 is 11.1 Å². The van der Waals surface area contributed by atoms with Crippen LogP contribution in [0.25, 0.3) is 0 Å². The molecule has 0 aliphatic rings. The molecule has 5 heteroatoms. The molecule has 0 saturated carbocycles. The molecule has 3 N–H and O–H groups in total. The Bertz CT molecular complexity index is 387. The molecule has 1 amide bonds. The summed E-state index contributed by atoms with van der Waals surface area (Å²) >= 11 is 1.45. The van der Waals surface area contributed by atoms with E-state index in [1.807, 2.05) is 13.8 Å². The maximum Gasteiger partial charge on any atom is 0.263 e. The Balaban J connectivity index is 2.84. The number of aryl methyl sites for hydroxylation is 1. The highest BCUT2D eigenvalue weighted by Gasteiger charge is 2.18. The first-order chi connectivity index (χ1) is 7.93. The number of hydrogen-bond acceptors (Lipinski definition) is 4. The lowest BCUT2D eigenvalue weighted by Crippen LogP contribution is -2.37. The summed E-state index contributed by atoms with van der Waals surface area (Å²) in [5.74, 6) is 0.444. The number of thiazole rings is 1. The largest absolute Gasteiger partial charge is 0.348 e. The molecule has 0 bridgehead atoms. The van der Waals surface area contributed by atoms with Gasteiger partial charge in [-0.3, -0.25) is 4.79 Å². The van der Waals surface area contributed by atoms with Crippen LogP contribution in [0, 0.1) is 12.8 Å². The Hall–Kier alpha value is -0.940. The third-order valence-corrected chi connectivity index (χ3v) is 3.35. The zero-order valence-corrected chi connectivity index (χ0v) is 11.7. The predicted octanol–water partition coefficient (Wildman–Crippen LogP) is 1.73. The van der Waals surface area contributed by atoms with Gasteiger partial charge in [0.1, 0.15) is 4.88 Å². The molecule has 1 heterocycles. The van der Waals surface area contributed by atoms with Gasteiger partial charge in [-0.15, -0.1) is 11.3 Å². The number of nitrogens with one attached hydrogen (secondary N) is 1. The van der Waals surface area contributed by atoms with Crippen LogP contribution in [-0.2, 0) is 6.42 Å². The first-order valence-corrected chi connectivity index (χ1v) is 6.73. The molecule has 0 aliphatic carbocycles. The van der Waals surface area contributed by atoms with Crippen molar-refractivity contribution in [1.82, 2.24) is 10.3 Å². The van der Waals surface area contributed by atoms with E-state index in [0.29, 0.717) is 12.5 Å². The number of nitrogens with zero attached hydrogens (tertiary/aromatic N) is 1. The topological polar surface area (TPSA) is 68.0 Å². The van der Waals surface area contributed by atoms with Crippen LogP contribution >= 0.6 is 11.3 Å². The van der Waals surface area contributed by atoms with E-state index in [0.717, 1.165) is 22.0 Å². The Morgan fingerprint density at radius 1 is 1.47 bits per heavy atom. The van der Waals surface area contributed by atoms with Gasteiger partial charge in [-0.2, -0.15) is 0 Å². The van der Waals surface area contributed by atoms with Crippen molar-refractivity contribution in [3.63, 3.8) is 0 Å². The lowest BCUT2D eigenvalue weighted by Gasteiger charge is -2.11. The minimum atomic E-state index is -0.0517. The fourth-order valence-corrected chi connectivity index (χ4v) is 2.37. The summed E-state index contributed by atoms with van der Waals surface area (Å²) in [5.41, 5.74) is 6.40. The number of hydrogen-bond donors (Lipinski definition) is 2. The van der Waals surface area contributed by atoms with Gasteiger partial charge in [0.15, 0.2) is 0 Å². The number of aromatic nitrogens is 1. The number of nitrogens with two attached hydrogens (primary N) is 1. The van der Waals surface area contributed by atoms with E-state index in [1.54, 1.807) is 0 Å². The first-order valence-electron chi connectivity index (χ1n) is 5.91. The maximum atomic E-state index is 12.0. The minimum Gasteiger partial charge on any atom is -0.348 e. The van der Waals surface area contributed by atoms with E-state index in [9.17, 15) is 4.79 Å². The number of rotatable bonds is 5. The van der Waals surface area contributed by atoms with Crippen LogP contribution in [0.4, 0.5) is 0 Å². The average molecular weight is 255 g/mol. The Morgan fingerprint density at radius 2 is 2.12 bits per heavy atom. The van der Waals surface area contributed by atoms with Crippen molar-refractivity contribution in [1.29, 1.82) is 0 Å².